The summed E-state index contributed by atoms with van der Waals surface area (Å²) in [5.74, 6) is 1.54. The van der Waals surface area contributed by atoms with E-state index in [-0.39, 0.29) is 0 Å². The Kier molecular flexibility index (Phi) is 6.05. The molecule has 0 rings (SSSR count). The van der Waals surface area contributed by atoms with Crippen LogP contribution in [-0.4, -0.2) is 24.2 Å². The zero-order valence-electron chi connectivity index (χ0n) is 6.21. The van der Waals surface area contributed by atoms with Gasteiger partial charge in [0.15, 0.2) is 0 Å². The van der Waals surface area contributed by atoms with Crippen LogP contribution >= 0.6 is 0 Å². The number of carboxylic acid groups (broad SMARTS) is 1. The quantitative estimate of drug-likeness (QED) is 0.338. The third-order valence-corrected chi connectivity index (χ3v) is 0.969. The minimum atomic E-state index is -0.927. The van der Waals surface area contributed by atoms with Crippen LogP contribution in [0.25, 0.3) is 0 Å². The fourth-order valence-corrected chi connectivity index (χ4v) is 0.506. The van der Waals surface area contributed by atoms with E-state index in [0.29, 0.717) is 13.0 Å². The van der Waals surface area contributed by atoms with E-state index in [1.54, 1.807) is 6.08 Å². The predicted octanol–water partition coefficient (Wildman–Crippen LogP) is 0.240. The predicted molar refractivity (Wildman–Crippen MR) is 43.1 cm³/mol. The van der Waals surface area contributed by atoms with Crippen molar-refractivity contribution in [3.05, 3.63) is 12.2 Å². The molecule has 0 unspecified atom stereocenters. The molecule has 0 saturated carbocycles. The van der Waals surface area contributed by atoms with Gasteiger partial charge in [0.05, 0.1) is 0 Å². The Bertz CT molecular complexity index is 179. The first-order chi connectivity index (χ1) is 5.27. The lowest BCUT2D eigenvalue weighted by molar-refractivity contribution is -0.131. The van der Waals surface area contributed by atoms with Gasteiger partial charge in [-0.3, -0.25) is 0 Å². The minimum Gasteiger partial charge on any atom is -0.478 e. The van der Waals surface area contributed by atoms with Gasteiger partial charge in [-0.15, -0.1) is 12.3 Å². The Labute approximate surface area is 66.1 Å². The normalized spacial score (nSPS) is 9.73. The molecule has 0 heterocycles. The SMILES string of the molecule is C#CCCNC/C=C/C(=O)O. The molecule has 2 N–H and O–H groups in total. The van der Waals surface area contributed by atoms with Gasteiger partial charge in [-0.05, 0) is 0 Å². The van der Waals surface area contributed by atoms with Gasteiger partial charge in [0.2, 0.25) is 0 Å². The zero-order chi connectivity index (χ0) is 8.53. The number of hydrogen-bond donors (Lipinski definition) is 2. The van der Waals surface area contributed by atoms with Crippen LogP contribution in [0.1, 0.15) is 6.42 Å². The summed E-state index contributed by atoms with van der Waals surface area (Å²) in [5, 5.41) is 11.1. The first-order valence-electron chi connectivity index (χ1n) is 3.31. The van der Waals surface area contributed by atoms with Gasteiger partial charge in [-0.25, -0.2) is 4.79 Å². The number of nitrogens with one attached hydrogen (secondary N) is 1. The molecule has 3 heteroatoms. The van der Waals surface area contributed by atoms with Gasteiger partial charge in [-0.1, -0.05) is 6.08 Å². The van der Waals surface area contributed by atoms with Crippen molar-refractivity contribution in [2.24, 2.45) is 0 Å². The average Bonchev–Trinajstić information content (AvgIpc) is 1.96. The second kappa shape index (κ2) is 6.84. The maximum Gasteiger partial charge on any atom is 0.328 e. The molecule has 0 atom stereocenters. The number of aliphatic carboxylic acids is 1. The smallest absolute Gasteiger partial charge is 0.328 e. The van der Waals surface area contributed by atoms with Crippen LogP contribution in [0.4, 0.5) is 0 Å². The summed E-state index contributed by atoms with van der Waals surface area (Å²) in [4.78, 5) is 9.94. The van der Waals surface area contributed by atoms with E-state index in [1.165, 1.54) is 0 Å². The average molecular weight is 153 g/mol. The first-order valence-corrected chi connectivity index (χ1v) is 3.31. The van der Waals surface area contributed by atoms with Gasteiger partial charge >= 0.3 is 5.97 Å². The number of carboxylic acids is 1. The highest BCUT2D eigenvalue weighted by atomic mass is 16.4. The Morgan fingerprint density at radius 3 is 3.00 bits per heavy atom. The Balaban J connectivity index is 3.15. The van der Waals surface area contributed by atoms with E-state index >= 15 is 0 Å². The zero-order valence-corrected chi connectivity index (χ0v) is 6.21. The summed E-state index contributed by atoms with van der Waals surface area (Å²) in [7, 11) is 0. The molecule has 0 aromatic rings. The van der Waals surface area contributed by atoms with Gasteiger partial charge in [0.1, 0.15) is 0 Å². The molecule has 0 aliphatic carbocycles. The van der Waals surface area contributed by atoms with E-state index in [9.17, 15) is 4.79 Å². The molecule has 0 amide bonds. The van der Waals surface area contributed by atoms with Crippen LogP contribution in [0.5, 0.6) is 0 Å². The lowest BCUT2D eigenvalue weighted by atomic mass is 10.4. The van der Waals surface area contributed by atoms with E-state index in [1.807, 2.05) is 0 Å². The maximum absolute atomic E-state index is 9.94. The summed E-state index contributed by atoms with van der Waals surface area (Å²) < 4.78 is 0. The van der Waals surface area contributed by atoms with E-state index in [2.05, 4.69) is 11.2 Å². The first kappa shape index (κ1) is 9.73. The van der Waals surface area contributed by atoms with Crippen molar-refractivity contribution in [1.29, 1.82) is 0 Å². The summed E-state index contributed by atoms with van der Waals surface area (Å²) in [5.41, 5.74) is 0. The number of carbonyl (C=O) groups is 1. The molecule has 0 aliphatic heterocycles. The van der Waals surface area contributed by atoms with Crippen molar-refractivity contribution in [3.63, 3.8) is 0 Å². The van der Waals surface area contributed by atoms with Crippen LogP contribution in [0, 0.1) is 12.3 Å². The summed E-state index contributed by atoms with van der Waals surface area (Å²) in [6.07, 6.45) is 8.30. The molecular formula is C8H11NO2. The molecule has 0 aromatic heterocycles. The van der Waals surface area contributed by atoms with Crippen molar-refractivity contribution in [1.82, 2.24) is 5.32 Å². The van der Waals surface area contributed by atoms with Crippen LogP contribution in [0.3, 0.4) is 0 Å². The molecule has 60 valence electrons. The van der Waals surface area contributed by atoms with Gasteiger partial charge < -0.3 is 10.4 Å². The van der Waals surface area contributed by atoms with Gasteiger partial charge in [0, 0.05) is 25.6 Å². The highest BCUT2D eigenvalue weighted by Gasteiger charge is 1.83. The van der Waals surface area contributed by atoms with Crippen LogP contribution < -0.4 is 5.32 Å². The second-order valence-electron chi connectivity index (χ2n) is 1.90. The molecule has 0 saturated heterocycles. The Morgan fingerprint density at radius 2 is 2.45 bits per heavy atom. The fourth-order valence-electron chi connectivity index (χ4n) is 0.506. The minimum absolute atomic E-state index is 0.550. The number of rotatable bonds is 5. The Morgan fingerprint density at radius 1 is 1.73 bits per heavy atom. The summed E-state index contributed by atoms with van der Waals surface area (Å²) in [6.45, 7) is 1.27. The third-order valence-electron chi connectivity index (χ3n) is 0.969. The molecule has 0 spiro atoms. The second-order valence-corrected chi connectivity index (χ2v) is 1.90. The molecule has 0 fully saturated rings. The molecule has 11 heavy (non-hydrogen) atoms. The number of terminal acetylenes is 1. The summed E-state index contributed by atoms with van der Waals surface area (Å²) >= 11 is 0. The van der Waals surface area contributed by atoms with Crippen LogP contribution in [-0.2, 0) is 4.79 Å². The van der Waals surface area contributed by atoms with E-state index in [4.69, 9.17) is 11.5 Å². The van der Waals surface area contributed by atoms with Gasteiger partial charge in [-0.2, -0.15) is 0 Å². The Hall–Kier alpha value is -1.27. The van der Waals surface area contributed by atoms with E-state index in [0.717, 1.165) is 12.6 Å². The maximum atomic E-state index is 9.94. The van der Waals surface area contributed by atoms with Crippen molar-refractivity contribution in [2.45, 2.75) is 6.42 Å². The van der Waals surface area contributed by atoms with Crippen LogP contribution in [0.2, 0.25) is 0 Å². The lowest BCUT2D eigenvalue weighted by Crippen LogP contribution is -2.14. The summed E-state index contributed by atoms with van der Waals surface area (Å²) in [6, 6.07) is 0. The molecule has 0 bridgehead atoms. The fraction of sp³-hybridized carbons (Fsp3) is 0.375. The van der Waals surface area contributed by atoms with Crippen molar-refractivity contribution in [2.75, 3.05) is 13.1 Å². The van der Waals surface area contributed by atoms with Crippen molar-refractivity contribution < 1.29 is 9.90 Å². The van der Waals surface area contributed by atoms with Gasteiger partial charge in [0.25, 0.3) is 0 Å². The van der Waals surface area contributed by atoms with E-state index < -0.39 is 5.97 Å². The van der Waals surface area contributed by atoms with Crippen molar-refractivity contribution in [3.8, 4) is 12.3 Å². The van der Waals surface area contributed by atoms with Crippen LogP contribution in [0.15, 0.2) is 12.2 Å². The molecule has 0 aromatic carbocycles. The highest BCUT2D eigenvalue weighted by molar-refractivity contribution is 5.79. The third kappa shape index (κ3) is 8.73. The molecule has 3 nitrogen and oxygen atoms in total. The topological polar surface area (TPSA) is 49.3 Å². The highest BCUT2D eigenvalue weighted by Crippen LogP contribution is 1.73. The molecule has 0 aliphatic rings. The molecule has 0 radical (unpaired) electrons. The lowest BCUT2D eigenvalue weighted by Gasteiger charge is -1.94. The largest absolute Gasteiger partial charge is 0.478 e. The monoisotopic (exact) mass is 153 g/mol. The number of hydrogen-bond acceptors (Lipinski definition) is 2. The standard InChI is InChI=1S/C8H11NO2/c1-2-3-6-9-7-4-5-8(10)11/h1,4-5,9H,3,6-7H2,(H,10,11)/b5-4+. The van der Waals surface area contributed by atoms with Crippen molar-refractivity contribution >= 4 is 5.97 Å². The molecular weight excluding hydrogens is 142 g/mol.